The van der Waals surface area contributed by atoms with Crippen molar-refractivity contribution < 1.29 is 0 Å². The molecule has 2 heterocycles. The summed E-state index contributed by atoms with van der Waals surface area (Å²) in [4.78, 5) is 6.72. The van der Waals surface area contributed by atoms with Crippen molar-refractivity contribution in [2.45, 2.75) is 55.9 Å². The predicted molar refractivity (Wildman–Crippen MR) is 98.1 cm³/mol. The van der Waals surface area contributed by atoms with Crippen LogP contribution < -0.4 is 5.32 Å². The van der Waals surface area contributed by atoms with Crippen LogP contribution in [0.1, 0.15) is 59.9 Å². The zero-order valence-electron chi connectivity index (χ0n) is 13.1. The van der Waals surface area contributed by atoms with Gasteiger partial charge in [-0.05, 0) is 32.2 Å². The molecule has 0 amide bonds. The lowest BCUT2D eigenvalue weighted by molar-refractivity contribution is 0.501. The number of nitrogens with one attached hydrogen (secondary N) is 1. The van der Waals surface area contributed by atoms with Crippen molar-refractivity contribution in [2.24, 2.45) is 0 Å². The number of nitrogens with zero attached hydrogens (tertiary/aromatic N) is 1. The lowest BCUT2D eigenvalue weighted by Crippen LogP contribution is -2.25. The summed E-state index contributed by atoms with van der Waals surface area (Å²) in [6.45, 7) is 6.86. The first-order valence-electron chi connectivity index (χ1n) is 8.23. The van der Waals surface area contributed by atoms with Crippen LogP contribution in [0.25, 0.3) is 0 Å². The van der Waals surface area contributed by atoms with Crippen LogP contribution in [0.2, 0.25) is 0 Å². The Morgan fingerprint density at radius 2 is 2.14 bits per heavy atom. The Balaban J connectivity index is 1.74. The fraction of sp³-hybridized carbons (Fsp3) is 0.812. The Labute approximate surface area is 141 Å². The highest BCUT2D eigenvalue weighted by Gasteiger charge is 2.31. The van der Waals surface area contributed by atoms with Gasteiger partial charge in [0.2, 0.25) is 0 Å². The Morgan fingerprint density at radius 3 is 2.95 bits per heavy atom. The Bertz CT molecular complexity index is 460. The Kier molecular flexibility index (Phi) is 5.93. The number of rotatable bonds is 5. The van der Waals surface area contributed by atoms with Crippen LogP contribution in [0, 0.1) is 0 Å². The van der Waals surface area contributed by atoms with Crippen molar-refractivity contribution >= 4 is 34.9 Å². The molecule has 3 rings (SSSR count). The van der Waals surface area contributed by atoms with Crippen LogP contribution >= 0.6 is 34.9 Å². The highest BCUT2D eigenvalue weighted by molar-refractivity contribution is 8.06. The molecule has 0 saturated carbocycles. The average molecular weight is 343 g/mol. The molecule has 118 valence electrons. The van der Waals surface area contributed by atoms with E-state index in [2.05, 4.69) is 42.7 Å². The Hall–Kier alpha value is 0.290. The fourth-order valence-electron chi connectivity index (χ4n) is 3.20. The summed E-state index contributed by atoms with van der Waals surface area (Å²) in [6.07, 6.45) is 5.13. The number of aromatic nitrogens is 1. The molecule has 1 aromatic heterocycles. The first-order valence-corrected chi connectivity index (χ1v) is 11.1. The van der Waals surface area contributed by atoms with Gasteiger partial charge in [-0.2, -0.15) is 11.8 Å². The highest BCUT2D eigenvalue weighted by Crippen LogP contribution is 2.46. The van der Waals surface area contributed by atoms with Crippen LogP contribution in [0.5, 0.6) is 0 Å². The van der Waals surface area contributed by atoms with E-state index in [0.29, 0.717) is 16.4 Å². The molecule has 2 nitrogen and oxygen atoms in total. The second kappa shape index (κ2) is 7.71. The molecule has 1 aliphatic carbocycles. The largest absolute Gasteiger partial charge is 0.316 e. The van der Waals surface area contributed by atoms with Gasteiger partial charge in [0.05, 0.1) is 10.9 Å². The summed E-state index contributed by atoms with van der Waals surface area (Å²) in [6, 6.07) is 0. The van der Waals surface area contributed by atoms with Crippen molar-refractivity contribution in [3.05, 3.63) is 15.6 Å². The van der Waals surface area contributed by atoms with Gasteiger partial charge in [0.25, 0.3) is 0 Å². The van der Waals surface area contributed by atoms with Gasteiger partial charge in [-0.25, -0.2) is 4.98 Å². The lowest BCUT2D eigenvalue weighted by atomic mass is 9.91. The van der Waals surface area contributed by atoms with Crippen LogP contribution in [0.4, 0.5) is 0 Å². The maximum Gasteiger partial charge on any atom is 0.107 e. The number of thioether (sulfide) groups is 2. The molecule has 1 N–H and O–H groups in total. The van der Waals surface area contributed by atoms with Crippen LogP contribution in [-0.4, -0.2) is 34.8 Å². The van der Waals surface area contributed by atoms with Crippen LogP contribution in [-0.2, 0) is 6.42 Å². The molecule has 0 radical (unpaired) electrons. The molecule has 1 fully saturated rings. The van der Waals surface area contributed by atoms with Gasteiger partial charge in [-0.3, -0.25) is 0 Å². The molecule has 3 atom stereocenters. The fourth-order valence-corrected chi connectivity index (χ4v) is 7.56. The summed E-state index contributed by atoms with van der Waals surface area (Å²) in [5.74, 6) is 3.24. The molecule has 21 heavy (non-hydrogen) atoms. The molecule has 2 aliphatic rings. The van der Waals surface area contributed by atoms with Gasteiger partial charge < -0.3 is 5.32 Å². The molecular formula is C16H26N2S3. The predicted octanol–water partition coefficient (Wildman–Crippen LogP) is 4.47. The van der Waals surface area contributed by atoms with Crippen molar-refractivity contribution in [3.63, 3.8) is 0 Å². The third-order valence-electron chi connectivity index (χ3n) is 4.34. The van der Waals surface area contributed by atoms with Gasteiger partial charge >= 0.3 is 0 Å². The molecule has 0 bridgehead atoms. The third kappa shape index (κ3) is 3.80. The third-order valence-corrected chi connectivity index (χ3v) is 8.80. The average Bonchev–Trinajstić information content (AvgIpc) is 2.92. The van der Waals surface area contributed by atoms with E-state index >= 15 is 0 Å². The minimum atomic E-state index is 0.628. The van der Waals surface area contributed by atoms with E-state index in [1.807, 2.05) is 11.3 Å². The topological polar surface area (TPSA) is 24.9 Å². The summed E-state index contributed by atoms with van der Waals surface area (Å²) in [7, 11) is 0. The van der Waals surface area contributed by atoms with E-state index in [-0.39, 0.29) is 0 Å². The van der Waals surface area contributed by atoms with Crippen LogP contribution in [0.3, 0.4) is 0 Å². The summed E-state index contributed by atoms with van der Waals surface area (Å²) >= 11 is 6.26. The first-order chi connectivity index (χ1) is 10.3. The monoisotopic (exact) mass is 342 g/mol. The van der Waals surface area contributed by atoms with Gasteiger partial charge in [0, 0.05) is 34.1 Å². The zero-order valence-corrected chi connectivity index (χ0v) is 15.5. The van der Waals surface area contributed by atoms with Crippen molar-refractivity contribution in [1.82, 2.24) is 10.3 Å². The molecule has 1 saturated heterocycles. The van der Waals surface area contributed by atoms with E-state index < -0.39 is 0 Å². The summed E-state index contributed by atoms with van der Waals surface area (Å²) in [5.41, 5.74) is 1.44. The SMILES string of the molecule is CCCNCC1CCCc2sc(C3SCCSC3C)nc21. The normalized spacial score (nSPS) is 29.3. The zero-order chi connectivity index (χ0) is 14.7. The van der Waals surface area contributed by atoms with Crippen molar-refractivity contribution in [2.75, 3.05) is 24.6 Å². The first kappa shape index (κ1) is 16.2. The van der Waals surface area contributed by atoms with Crippen molar-refractivity contribution in [1.29, 1.82) is 0 Å². The second-order valence-electron chi connectivity index (χ2n) is 6.02. The molecule has 3 unspecified atom stereocenters. The summed E-state index contributed by atoms with van der Waals surface area (Å²) < 4.78 is 0. The quantitative estimate of drug-likeness (QED) is 0.798. The smallest absolute Gasteiger partial charge is 0.107 e. The number of fused-ring (bicyclic) bond motifs is 1. The number of hydrogen-bond donors (Lipinski definition) is 1. The highest BCUT2D eigenvalue weighted by atomic mass is 32.2. The molecule has 1 aliphatic heterocycles. The number of thiazole rings is 1. The van der Waals surface area contributed by atoms with E-state index in [1.165, 1.54) is 47.9 Å². The molecule has 1 aromatic rings. The standard InChI is InChI=1S/C16H26N2S3/c1-3-7-17-10-12-5-4-6-13-14(12)18-16(21-13)15-11(2)19-8-9-20-15/h11-12,15,17H,3-10H2,1-2H3. The molecule has 5 heteroatoms. The maximum absolute atomic E-state index is 5.13. The number of aryl methyl sites for hydroxylation is 1. The summed E-state index contributed by atoms with van der Waals surface area (Å²) in [5, 5.41) is 6.35. The van der Waals surface area contributed by atoms with Gasteiger partial charge in [-0.1, -0.05) is 13.8 Å². The minimum Gasteiger partial charge on any atom is -0.316 e. The minimum absolute atomic E-state index is 0.628. The number of hydrogen-bond acceptors (Lipinski definition) is 5. The van der Waals surface area contributed by atoms with E-state index in [1.54, 1.807) is 4.88 Å². The van der Waals surface area contributed by atoms with E-state index in [9.17, 15) is 0 Å². The van der Waals surface area contributed by atoms with E-state index in [0.717, 1.165) is 13.1 Å². The lowest BCUT2D eigenvalue weighted by Gasteiger charge is -2.26. The molecule has 0 aromatic carbocycles. The Morgan fingerprint density at radius 1 is 1.29 bits per heavy atom. The maximum atomic E-state index is 5.13. The van der Waals surface area contributed by atoms with E-state index in [4.69, 9.17) is 4.98 Å². The van der Waals surface area contributed by atoms with Gasteiger partial charge in [-0.15, -0.1) is 23.1 Å². The van der Waals surface area contributed by atoms with Gasteiger partial charge in [0.15, 0.2) is 0 Å². The molecule has 0 spiro atoms. The van der Waals surface area contributed by atoms with Gasteiger partial charge in [0.1, 0.15) is 5.01 Å². The molecular weight excluding hydrogens is 316 g/mol. The van der Waals surface area contributed by atoms with Crippen LogP contribution in [0.15, 0.2) is 0 Å². The second-order valence-corrected chi connectivity index (χ2v) is 9.87. The van der Waals surface area contributed by atoms with Crippen molar-refractivity contribution in [3.8, 4) is 0 Å².